The number of carbonyl (C=O) groups excluding carboxylic acids is 2. The molecule has 0 aliphatic carbocycles. The van der Waals surface area contributed by atoms with Crippen molar-refractivity contribution in [2.45, 2.75) is 13.8 Å². The largest absolute Gasteiger partial charge is 0.497 e. The zero-order valence-corrected chi connectivity index (χ0v) is 14.8. The number of methoxy groups -OCH3 is 2. The molecular formula is C19H22N2O4. The van der Waals surface area contributed by atoms with E-state index < -0.39 is 0 Å². The topological polar surface area (TPSA) is 76.7 Å². The average Bonchev–Trinajstić information content (AvgIpc) is 2.58. The molecule has 6 heteroatoms. The van der Waals surface area contributed by atoms with E-state index in [2.05, 4.69) is 10.6 Å². The summed E-state index contributed by atoms with van der Waals surface area (Å²) in [6.45, 7) is 3.71. The molecule has 0 bridgehead atoms. The third-order valence-electron chi connectivity index (χ3n) is 3.53. The molecule has 0 saturated heterocycles. The smallest absolute Gasteiger partial charge is 0.251 e. The number of benzene rings is 2. The Morgan fingerprint density at radius 1 is 0.880 bits per heavy atom. The molecule has 0 aliphatic heterocycles. The summed E-state index contributed by atoms with van der Waals surface area (Å²) in [5.74, 6) is 0.501. The van der Waals surface area contributed by atoms with E-state index in [9.17, 15) is 9.59 Å². The third kappa shape index (κ3) is 5.24. The summed E-state index contributed by atoms with van der Waals surface area (Å²) < 4.78 is 10.3. The first-order chi connectivity index (χ1) is 11.9. The minimum atomic E-state index is -0.340. The van der Waals surface area contributed by atoms with Gasteiger partial charge in [-0.1, -0.05) is 17.2 Å². The molecule has 6 nitrogen and oxygen atoms in total. The molecule has 0 aliphatic rings. The van der Waals surface area contributed by atoms with Crippen molar-refractivity contribution in [1.82, 2.24) is 5.32 Å². The van der Waals surface area contributed by atoms with Gasteiger partial charge in [0, 0.05) is 29.4 Å². The van der Waals surface area contributed by atoms with Crippen LogP contribution in [0.1, 0.15) is 21.5 Å². The molecule has 0 saturated carbocycles. The van der Waals surface area contributed by atoms with Gasteiger partial charge in [-0.3, -0.25) is 9.59 Å². The summed E-state index contributed by atoms with van der Waals surface area (Å²) in [6.07, 6.45) is 0. The van der Waals surface area contributed by atoms with E-state index in [1.807, 2.05) is 19.9 Å². The van der Waals surface area contributed by atoms with E-state index in [1.54, 1.807) is 30.3 Å². The highest BCUT2D eigenvalue weighted by molar-refractivity contribution is 5.99. The highest BCUT2D eigenvalue weighted by Gasteiger charge is 2.10. The first-order valence-corrected chi connectivity index (χ1v) is 7.80. The summed E-state index contributed by atoms with van der Waals surface area (Å²) in [7, 11) is 3.06. The molecule has 132 valence electrons. The third-order valence-corrected chi connectivity index (χ3v) is 3.53. The van der Waals surface area contributed by atoms with Crippen LogP contribution in [-0.2, 0) is 4.79 Å². The van der Waals surface area contributed by atoms with Crippen LogP contribution >= 0.6 is 0 Å². The monoisotopic (exact) mass is 342 g/mol. The van der Waals surface area contributed by atoms with E-state index in [0.717, 1.165) is 11.1 Å². The van der Waals surface area contributed by atoms with Gasteiger partial charge < -0.3 is 20.1 Å². The lowest BCUT2D eigenvalue weighted by Crippen LogP contribution is -2.32. The fourth-order valence-corrected chi connectivity index (χ4v) is 2.45. The van der Waals surface area contributed by atoms with Gasteiger partial charge in [-0.2, -0.15) is 0 Å². The number of hydrogen-bond donors (Lipinski definition) is 2. The lowest BCUT2D eigenvalue weighted by molar-refractivity contribution is -0.115. The molecule has 25 heavy (non-hydrogen) atoms. The fourth-order valence-electron chi connectivity index (χ4n) is 2.45. The predicted molar refractivity (Wildman–Crippen MR) is 96.4 cm³/mol. The lowest BCUT2D eigenvalue weighted by atomic mass is 10.1. The number of anilines is 1. The Labute approximate surface area is 147 Å². The minimum Gasteiger partial charge on any atom is -0.497 e. The van der Waals surface area contributed by atoms with Crippen molar-refractivity contribution in [3.8, 4) is 11.5 Å². The zero-order valence-electron chi connectivity index (χ0n) is 14.8. The maximum absolute atomic E-state index is 12.2. The van der Waals surface area contributed by atoms with Gasteiger partial charge in [0.1, 0.15) is 11.5 Å². The Morgan fingerprint density at radius 3 is 1.96 bits per heavy atom. The molecule has 0 fully saturated rings. The summed E-state index contributed by atoms with van der Waals surface area (Å²) in [5, 5.41) is 5.32. The van der Waals surface area contributed by atoms with Crippen LogP contribution in [0.15, 0.2) is 36.4 Å². The molecule has 2 aromatic carbocycles. The number of amides is 2. The van der Waals surface area contributed by atoms with Crippen molar-refractivity contribution in [3.63, 3.8) is 0 Å². The highest BCUT2D eigenvalue weighted by Crippen LogP contribution is 2.25. The summed E-state index contributed by atoms with van der Waals surface area (Å²) in [4.78, 5) is 24.2. The molecule has 0 radical (unpaired) electrons. The second-order valence-electron chi connectivity index (χ2n) is 5.71. The Balaban J connectivity index is 1.97. The van der Waals surface area contributed by atoms with Crippen LogP contribution < -0.4 is 20.1 Å². The van der Waals surface area contributed by atoms with Gasteiger partial charge in [-0.15, -0.1) is 0 Å². The average molecular weight is 342 g/mol. The molecular weight excluding hydrogens is 320 g/mol. The molecule has 0 atom stereocenters. The van der Waals surface area contributed by atoms with Crippen molar-refractivity contribution in [2.75, 3.05) is 26.1 Å². The van der Waals surface area contributed by atoms with Crippen molar-refractivity contribution in [1.29, 1.82) is 0 Å². The molecule has 0 heterocycles. The summed E-state index contributed by atoms with van der Waals surface area (Å²) >= 11 is 0. The Kier molecular flexibility index (Phi) is 6.00. The number of hydrogen-bond acceptors (Lipinski definition) is 4. The van der Waals surface area contributed by atoms with Crippen molar-refractivity contribution in [3.05, 3.63) is 53.1 Å². The van der Waals surface area contributed by atoms with Gasteiger partial charge in [0.05, 0.1) is 20.8 Å². The standard InChI is InChI=1S/C19H22N2O4/c1-12-5-13(2)7-14(6-12)19(23)20-11-18(22)21-15-8-16(24-3)10-17(9-15)25-4/h5-10H,11H2,1-4H3,(H,20,23)(H,21,22). The Bertz CT molecular complexity index is 744. The molecule has 2 N–H and O–H groups in total. The number of aryl methyl sites for hydroxylation is 2. The number of carbonyl (C=O) groups is 2. The Hall–Kier alpha value is -3.02. The van der Waals surface area contributed by atoms with E-state index in [0.29, 0.717) is 22.7 Å². The number of nitrogens with one attached hydrogen (secondary N) is 2. The first-order valence-electron chi connectivity index (χ1n) is 7.80. The maximum atomic E-state index is 12.2. The minimum absolute atomic E-state index is 0.134. The van der Waals surface area contributed by atoms with Gasteiger partial charge in [-0.25, -0.2) is 0 Å². The lowest BCUT2D eigenvalue weighted by Gasteiger charge is -2.11. The summed E-state index contributed by atoms with van der Waals surface area (Å²) in [5.41, 5.74) is 3.06. The molecule has 2 amide bonds. The second-order valence-corrected chi connectivity index (χ2v) is 5.71. The molecule has 0 unspecified atom stereocenters. The number of rotatable bonds is 6. The van der Waals surface area contributed by atoms with Crippen molar-refractivity contribution >= 4 is 17.5 Å². The Morgan fingerprint density at radius 2 is 1.44 bits per heavy atom. The van der Waals surface area contributed by atoms with Crippen LogP contribution in [0.2, 0.25) is 0 Å². The van der Waals surface area contributed by atoms with Crippen LogP contribution in [0.4, 0.5) is 5.69 Å². The van der Waals surface area contributed by atoms with Crippen molar-refractivity contribution < 1.29 is 19.1 Å². The highest BCUT2D eigenvalue weighted by atomic mass is 16.5. The van der Waals surface area contributed by atoms with E-state index >= 15 is 0 Å². The van der Waals surface area contributed by atoms with Gasteiger partial charge in [0.25, 0.3) is 5.91 Å². The quantitative estimate of drug-likeness (QED) is 0.846. The van der Waals surface area contributed by atoms with Crippen LogP contribution in [0.3, 0.4) is 0 Å². The first kappa shape index (κ1) is 18.3. The molecule has 2 aromatic rings. The fraction of sp³-hybridized carbons (Fsp3) is 0.263. The van der Waals surface area contributed by atoms with E-state index in [-0.39, 0.29) is 18.4 Å². The second kappa shape index (κ2) is 8.19. The van der Waals surface area contributed by atoms with Crippen LogP contribution in [0.25, 0.3) is 0 Å². The SMILES string of the molecule is COc1cc(NC(=O)CNC(=O)c2cc(C)cc(C)c2)cc(OC)c1. The van der Waals surface area contributed by atoms with Crippen LogP contribution in [0.5, 0.6) is 11.5 Å². The normalized spacial score (nSPS) is 10.1. The van der Waals surface area contributed by atoms with Crippen LogP contribution in [0, 0.1) is 13.8 Å². The van der Waals surface area contributed by atoms with Gasteiger partial charge in [0.15, 0.2) is 0 Å². The summed E-state index contributed by atoms with van der Waals surface area (Å²) in [6, 6.07) is 10.6. The maximum Gasteiger partial charge on any atom is 0.251 e. The molecule has 2 rings (SSSR count). The van der Waals surface area contributed by atoms with Gasteiger partial charge >= 0.3 is 0 Å². The molecule has 0 spiro atoms. The van der Waals surface area contributed by atoms with E-state index in [1.165, 1.54) is 14.2 Å². The van der Waals surface area contributed by atoms with Crippen LogP contribution in [-0.4, -0.2) is 32.6 Å². The molecule has 0 aromatic heterocycles. The van der Waals surface area contributed by atoms with Gasteiger partial charge in [-0.05, 0) is 26.0 Å². The van der Waals surface area contributed by atoms with E-state index in [4.69, 9.17) is 9.47 Å². The van der Waals surface area contributed by atoms with Gasteiger partial charge in [0.2, 0.25) is 5.91 Å². The van der Waals surface area contributed by atoms with Crippen molar-refractivity contribution in [2.24, 2.45) is 0 Å². The number of ether oxygens (including phenoxy) is 2. The predicted octanol–water partition coefficient (Wildman–Crippen LogP) is 2.69. The zero-order chi connectivity index (χ0) is 18.4.